The fraction of sp³-hybridized carbons (Fsp3) is 0.400. The van der Waals surface area contributed by atoms with Crippen LogP contribution < -0.4 is 5.32 Å². The Labute approximate surface area is 117 Å². The lowest BCUT2D eigenvalue weighted by molar-refractivity contribution is -0.152. The Hall–Kier alpha value is -2.01. The van der Waals surface area contributed by atoms with E-state index >= 15 is 0 Å². The average molecular weight is 275 g/mol. The first-order chi connectivity index (χ1) is 9.69. The van der Waals surface area contributed by atoms with Crippen LogP contribution in [0.15, 0.2) is 30.3 Å². The minimum atomic E-state index is -0.610. The van der Waals surface area contributed by atoms with Crippen LogP contribution in [0.25, 0.3) is 0 Å². The molecule has 0 aliphatic heterocycles. The molecule has 1 atom stereocenters. The van der Waals surface area contributed by atoms with Crippen LogP contribution in [0.3, 0.4) is 0 Å². The highest BCUT2D eigenvalue weighted by atomic mass is 16.6. The van der Waals surface area contributed by atoms with Gasteiger partial charge in [-0.15, -0.1) is 0 Å². The van der Waals surface area contributed by atoms with Gasteiger partial charge in [-0.25, -0.2) is 0 Å². The molecule has 0 spiro atoms. The highest BCUT2D eigenvalue weighted by molar-refractivity contribution is 5.77. The smallest absolute Gasteiger partial charge is 0.315 e. The zero-order valence-corrected chi connectivity index (χ0v) is 11.1. The van der Waals surface area contributed by atoms with E-state index in [9.17, 15) is 14.4 Å². The normalized spacial score (nSPS) is 17.6. The molecule has 1 aliphatic rings. The van der Waals surface area contributed by atoms with Crippen molar-refractivity contribution in [2.75, 3.05) is 0 Å². The molecule has 1 aromatic rings. The maximum Gasteiger partial charge on any atom is 0.315 e. The minimum Gasteiger partial charge on any atom is -0.395 e. The van der Waals surface area contributed by atoms with Gasteiger partial charge in [0.05, 0.1) is 12.0 Å². The fourth-order valence-electron chi connectivity index (χ4n) is 2.41. The Balaban J connectivity index is 2.13. The molecule has 20 heavy (non-hydrogen) atoms. The number of benzene rings is 1. The minimum absolute atomic E-state index is 0.0122. The number of ether oxygens (including phenoxy) is 1. The molecule has 2 rings (SSSR count). The lowest BCUT2D eigenvalue weighted by atomic mass is 9.77. The number of carbonyl (C=O) groups is 3. The molecule has 0 saturated heterocycles. The summed E-state index contributed by atoms with van der Waals surface area (Å²) in [4.78, 5) is 33.0. The Morgan fingerprint density at radius 1 is 1.30 bits per heavy atom. The topological polar surface area (TPSA) is 72.5 Å². The largest absolute Gasteiger partial charge is 0.395 e. The van der Waals surface area contributed by atoms with Gasteiger partial charge >= 0.3 is 12.4 Å². The maximum atomic E-state index is 11.5. The van der Waals surface area contributed by atoms with Crippen molar-refractivity contribution in [3.05, 3.63) is 35.9 Å². The lowest BCUT2D eigenvalue weighted by Crippen LogP contribution is -2.54. The monoisotopic (exact) mass is 275 g/mol. The maximum absolute atomic E-state index is 11.5. The van der Waals surface area contributed by atoms with E-state index in [1.54, 1.807) is 0 Å². The molecule has 0 bridgehead atoms. The third-order valence-electron chi connectivity index (χ3n) is 3.69. The van der Waals surface area contributed by atoms with E-state index in [2.05, 4.69) is 10.1 Å². The van der Waals surface area contributed by atoms with E-state index in [0.717, 1.165) is 31.1 Å². The quantitative estimate of drug-likeness (QED) is 0.464. The summed E-state index contributed by atoms with van der Waals surface area (Å²) in [7, 11) is 0. The predicted octanol–water partition coefficient (Wildman–Crippen LogP) is 1.53. The van der Waals surface area contributed by atoms with Crippen LogP contribution in [0.5, 0.6) is 0 Å². The van der Waals surface area contributed by atoms with Gasteiger partial charge in [0, 0.05) is 6.04 Å². The summed E-state index contributed by atoms with van der Waals surface area (Å²) in [6.07, 6.45) is 3.45. The third kappa shape index (κ3) is 3.30. The summed E-state index contributed by atoms with van der Waals surface area (Å²) in [6.45, 7) is 0.128. The number of hydrogen-bond acceptors (Lipinski definition) is 5. The van der Waals surface area contributed by atoms with Gasteiger partial charge in [0.25, 0.3) is 0 Å². The molecule has 1 aromatic carbocycles. The summed E-state index contributed by atoms with van der Waals surface area (Å²) in [5.74, 6) is -0.610. The van der Waals surface area contributed by atoms with Gasteiger partial charge in [-0.2, -0.15) is 0 Å². The zero-order chi connectivity index (χ0) is 14.4. The van der Waals surface area contributed by atoms with Crippen molar-refractivity contribution in [1.29, 1.82) is 0 Å². The van der Waals surface area contributed by atoms with Crippen molar-refractivity contribution in [3.8, 4) is 0 Å². The molecule has 0 aromatic heterocycles. The molecule has 1 N–H and O–H groups in total. The number of aldehydes is 1. The summed E-state index contributed by atoms with van der Waals surface area (Å²) >= 11 is 0. The molecule has 1 fully saturated rings. The van der Waals surface area contributed by atoms with Crippen LogP contribution in [-0.4, -0.2) is 24.3 Å². The van der Waals surface area contributed by atoms with Crippen molar-refractivity contribution in [3.63, 3.8) is 0 Å². The van der Waals surface area contributed by atoms with Crippen molar-refractivity contribution >= 4 is 18.7 Å². The Bertz CT molecular complexity index is 482. The molecule has 5 heteroatoms. The standard InChI is InChI=1S/C15H17NO4/c17-10-15(7-4-8-15)16-13(9-14(19)20-11-18)12-5-2-1-3-6-12/h1-3,5-6,10-11,13,16H,4,7-9H2. The van der Waals surface area contributed by atoms with Crippen molar-refractivity contribution < 1.29 is 19.1 Å². The Morgan fingerprint density at radius 3 is 2.50 bits per heavy atom. The summed E-state index contributed by atoms with van der Waals surface area (Å²) in [6, 6.07) is 9.02. The first-order valence-electron chi connectivity index (χ1n) is 6.61. The fourth-order valence-corrected chi connectivity index (χ4v) is 2.41. The molecule has 1 saturated carbocycles. The highest BCUT2D eigenvalue weighted by Gasteiger charge is 2.39. The molecule has 1 aliphatic carbocycles. The van der Waals surface area contributed by atoms with Gasteiger partial charge in [0.1, 0.15) is 6.29 Å². The van der Waals surface area contributed by atoms with Gasteiger partial charge in [-0.1, -0.05) is 30.3 Å². The van der Waals surface area contributed by atoms with E-state index in [1.165, 1.54) is 0 Å². The van der Waals surface area contributed by atoms with Gasteiger partial charge in [-0.3, -0.25) is 14.9 Å². The Kier molecular flexibility index (Phi) is 4.63. The second-order valence-electron chi connectivity index (χ2n) is 5.03. The first kappa shape index (κ1) is 14.4. The summed E-state index contributed by atoms with van der Waals surface area (Å²) in [5, 5.41) is 3.24. The summed E-state index contributed by atoms with van der Waals surface area (Å²) < 4.78 is 4.35. The second-order valence-corrected chi connectivity index (χ2v) is 5.03. The number of esters is 1. The van der Waals surface area contributed by atoms with Crippen LogP contribution >= 0.6 is 0 Å². The van der Waals surface area contributed by atoms with E-state index in [0.29, 0.717) is 0 Å². The van der Waals surface area contributed by atoms with Gasteiger partial charge in [0.15, 0.2) is 0 Å². The molecule has 106 valence electrons. The molecule has 0 amide bonds. The van der Waals surface area contributed by atoms with E-state index < -0.39 is 11.5 Å². The van der Waals surface area contributed by atoms with Crippen LogP contribution in [0.2, 0.25) is 0 Å². The zero-order valence-electron chi connectivity index (χ0n) is 11.1. The van der Waals surface area contributed by atoms with E-state index in [4.69, 9.17) is 0 Å². The second kappa shape index (κ2) is 6.43. The average Bonchev–Trinajstić information content (AvgIpc) is 2.43. The van der Waals surface area contributed by atoms with Crippen LogP contribution in [0.4, 0.5) is 0 Å². The third-order valence-corrected chi connectivity index (χ3v) is 3.69. The molecule has 0 heterocycles. The van der Waals surface area contributed by atoms with Gasteiger partial charge < -0.3 is 9.53 Å². The van der Waals surface area contributed by atoms with Crippen LogP contribution in [0.1, 0.15) is 37.3 Å². The highest BCUT2D eigenvalue weighted by Crippen LogP contribution is 2.33. The lowest BCUT2D eigenvalue weighted by Gasteiger charge is -2.40. The molecule has 1 unspecified atom stereocenters. The van der Waals surface area contributed by atoms with Gasteiger partial charge in [0.2, 0.25) is 0 Å². The number of rotatable bonds is 7. The van der Waals surface area contributed by atoms with Crippen LogP contribution in [-0.2, 0) is 19.1 Å². The first-order valence-corrected chi connectivity index (χ1v) is 6.61. The molecular weight excluding hydrogens is 258 g/mol. The van der Waals surface area contributed by atoms with Crippen molar-refractivity contribution in [2.45, 2.75) is 37.3 Å². The van der Waals surface area contributed by atoms with Crippen molar-refractivity contribution in [1.82, 2.24) is 5.32 Å². The SMILES string of the molecule is O=COC(=O)CC(NC1(C=O)CCC1)c1ccccc1. The molecule has 0 radical (unpaired) electrons. The number of nitrogens with one attached hydrogen (secondary N) is 1. The van der Waals surface area contributed by atoms with E-state index in [-0.39, 0.29) is 18.9 Å². The number of carbonyl (C=O) groups excluding carboxylic acids is 3. The predicted molar refractivity (Wildman–Crippen MR) is 71.7 cm³/mol. The molecule has 5 nitrogen and oxygen atoms in total. The van der Waals surface area contributed by atoms with Crippen molar-refractivity contribution in [2.24, 2.45) is 0 Å². The summed E-state index contributed by atoms with van der Waals surface area (Å²) in [5.41, 5.74) is 0.339. The van der Waals surface area contributed by atoms with E-state index in [1.807, 2.05) is 30.3 Å². The van der Waals surface area contributed by atoms with Crippen LogP contribution in [0, 0.1) is 0 Å². The van der Waals surface area contributed by atoms with Gasteiger partial charge in [-0.05, 0) is 24.8 Å². The molecular formula is C15H17NO4. The number of hydrogen-bond donors (Lipinski definition) is 1. The Morgan fingerprint density at radius 2 is 2.00 bits per heavy atom.